The van der Waals surface area contributed by atoms with Crippen molar-refractivity contribution in [1.29, 1.82) is 0 Å². The summed E-state index contributed by atoms with van der Waals surface area (Å²) in [6, 6.07) is 8.64. The van der Waals surface area contributed by atoms with E-state index < -0.39 is 0 Å². The Bertz CT molecular complexity index is 651. The van der Waals surface area contributed by atoms with E-state index in [9.17, 15) is 0 Å². The van der Waals surface area contributed by atoms with E-state index in [1.165, 1.54) is 23.2 Å². The molecule has 0 fully saturated rings. The number of aromatic nitrogens is 2. The second-order valence-electron chi connectivity index (χ2n) is 6.75. The average Bonchev–Trinajstić information content (AvgIpc) is 2.93. The average molecular weight is 281 g/mol. The molecular formula is C18H23N3. The zero-order valence-electron chi connectivity index (χ0n) is 13.3. The summed E-state index contributed by atoms with van der Waals surface area (Å²) in [4.78, 5) is 9.48. The fourth-order valence-electron chi connectivity index (χ4n) is 2.89. The number of nitrogens with zero attached hydrogens (tertiary/aromatic N) is 2. The van der Waals surface area contributed by atoms with Crippen LogP contribution in [0.4, 0.5) is 5.82 Å². The van der Waals surface area contributed by atoms with Crippen molar-refractivity contribution in [2.24, 2.45) is 0 Å². The third-order valence-corrected chi connectivity index (χ3v) is 4.18. The van der Waals surface area contributed by atoms with Crippen LogP contribution in [0.1, 0.15) is 44.0 Å². The monoisotopic (exact) mass is 281 g/mol. The Hall–Kier alpha value is -1.90. The fraction of sp³-hybridized carbons (Fsp3) is 0.444. The highest BCUT2D eigenvalue weighted by Gasteiger charge is 2.19. The summed E-state index contributed by atoms with van der Waals surface area (Å²) in [7, 11) is 1.94. The van der Waals surface area contributed by atoms with Crippen LogP contribution < -0.4 is 5.32 Å². The molecule has 0 radical (unpaired) electrons. The van der Waals surface area contributed by atoms with Gasteiger partial charge in [0.1, 0.15) is 5.82 Å². The quantitative estimate of drug-likeness (QED) is 0.905. The minimum absolute atomic E-state index is 0.174. The highest BCUT2D eigenvalue weighted by Crippen LogP contribution is 2.30. The molecule has 3 heteroatoms. The molecule has 3 nitrogen and oxygen atoms in total. The summed E-state index contributed by atoms with van der Waals surface area (Å²) in [5.74, 6) is 1.83. The highest BCUT2D eigenvalue weighted by atomic mass is 15.0. The smallest absolute Gasteiger partial charge is 0.161 e. The number of benzene rings is 1. The van der Waals surface area contributed by atoms with E-state index in [1.807, 2.05) is 7.05 Å². The second kappa shape index (κ2) is 5.14. The highest BCUT2D eigenvalue weighted by molar-refractivity contribution is 5.61. The molecule has 0 bridgehead atoms. The van der Waals surface area contributed by atoms with Crippen molar-refractivity contribution in [2.75, 3.05) is 12.4 Å². The molecule has 0 saturated carbocycles. The molecule has 0 atom stereocenters. The van der Waals surface area contributed by atoms with Crippen molar-refractivity contribution >= 4 is 5.82 Å². The van der Waals surface area contributed by atoms with Crippen molar-refractivity contribution in [3.8, 4) is 11.4 Å². The van der Waals surface area contributed by atoms with Crippen LogP contribution in [-0.2, 0) is 18.3 Å². The van der Waals surface area contributed by atoms with E-state index in [2.05, 4.69) is 50.4 Å². The SMILES string of the molecule is CNc1nc(-c2ccc(C(C)(C)C)cc2)nc2c1CCC2. The van der Waals surface area contributed by atoms with E-state index >= 15 is 0 Å². The van der Waals surface area contributed by atoms with Gasteiger partial charge < -0.3 is 5.32 Å². The minimum atomic E-state index is 0.174. The van der Waals surface area contributed by atoms with Gasteiger partial charge in [-0.05, 0) is 30.2 Å². The molecule has 21 heavy (non-hydrogen) atoms. The van der Waals surface area contributed by atoms with Crippen LogP contribution in [-0.4, -0.2) is 17.0 Å². The molecule has 1 N–H and O–H groups in total. The number of fused-ring (bicyclic) bond motifs is 1. The molecule has 1 aliphatic rings. The van der Waals surface area contributed by atoms with Crippen LogP contribution >= 0.6 is 0 Å². The summed E-state index contributed by atoms with van der Waals surface area (Å²) >= 11 is 0. The molecule has 0 saturated heterocycles. The van der Waals surface area contributed by atoms with Gasteiger partial charge in [-0.15, -0.1) is 0 Å². The van der Waals surface area contributed by atoms with E-state index in [-0.39, 0.29) is 5.41 Å². The number of hydrogen-bond acceptors (Lipinski definition) is 3. The first kappa shape index (κ1) is 14.1. The Kier molecular flexibility index (Phi) is 3.44. The van der Waals surface area contributed by atoms with Crippen LogP contribution in [0.3, 0.4) is 0 Å². The van der Waals surface area contributed by atoms with Gasteiger partial charge in [-0.25, -0.2) is 9.97 Å². The molecule has 0 amide bonds. The van der Waals surface area contributed by atoms with E-state index in [1.54, 1.807) is 0 Å². The lowest BCUT2D eigenvalue weighted by Crippen LogP contribution is -2.10. The van der Waals surface area contributed by atoms with Gasteiger partial charge in [0.2, 0.25) is 0 Å². The zero-order valence-corrected chi connectivity index (χ0v) is 13.3. The summed E-state index contributed by atoms with van der Waals surface area (Å²) in [5.41, 5.74) is 5.11. The number of nitrogens with one attached hydrogen (secondary N) is 1. The Morgan fingerprint density at radius 1 is 1.00 bits per heavy atom. The maximum atomic E-state index is 4.77. The topological polar surface area (TPSA) is 37.8 Å². The van der Waals surface area contributed by atoms with Gasteiger partial charge in [-0.1, -0.05) is 45.0 Å². The van der Waals surface area contributed by atoms with E-state index in [0.29, 0.717) is 0 Å². The first-order valence-corrected chi connectivity index (χ1v) is 7.67. The van der Waals surface area contributed by atoms with Gasteiger partial charge >= 0.3 is 0 Å². The Labute approximate surface area is 126 Å². The zero-order chi connectivity index (χ0) is 15.0. The van der Waals surface area contributed by atoms with Crippen molar-refractivity contribution in [1.82, 2.24) is 9.97 Å². The Morgan fingerprint density at radius 2 is 1.71 bits per heavy atom. The van der Waals surface area contributed by atoms with Crippen molar-refractivity contribution in [2.45, 2.75) is 45.4 Å². The van der Waals surface area contributed by atoms with Crippen LogP contribution in [0.25, 0.3) is 11.4 Å². The molecule has 0 spiro atoms. The van der Waals surface area contributed by atoms with Crippen LogP contribution in [0.5, 0.6) is 0 Å². The van der Waals surface area contributed by atoms with Crippen LogP contribution in [0.15, 0.2) is 24.3 Å². The van der Waals surface area contributed by atoms with Gasteiger partial charge in [0.25, 0.3) is 0 Å². The maximum Gasteiger partial charge on any atom is 0.161 e. The molecule has 110 valence electrons. The van der Waals surface area contributed by atoms with Crippen LogP contribution in [0.2, 0.25) is 0 Å². The molecule has 1 aromatic heterocycles. The first-order chi connectivity index (χ1) is 9.99. The van der Waals surface area contributed by atoms with Crippen molar-refractivity contribution < 1.29 is 0 Å². The van der Waals surface area contributed by atoms with Gasteiger partial charge in [0.05, 0.1) is 0 Å². The normalized spacial score (nSPS) is 14.1. The number of aryl methyl sites for hydroxylation is 1. The van der Waals surface area contributed by atoms with Crippen molar-refractivity contribution in [3.05, 3.63) is 41.1 Å². The standard InChI is InChI=1S/C18H23N3/c1-18(2,3)13-10-8-12(9-11-13)16-20-15-7-5-6-14(15)17(19-4)21-16/h8-11H,5-7H2,1-4H3,(H,19,20,21). The maximum absolute atomic E-state index is 4.77. The molecule has 1 aromatic carbocycles. The Morgan fingerprint density at radius 3 is 2.33 bits per heavy atom. The first-order valence-electron chi connectivity index (χ1n) is 7.67. The molecule has 1 heterocycles. The molecule has 0 unspecified atom stereocenters. The van der Waals surface area contributed by atoms with Gasteiger partial charge in [-0.2, -0.15) is 0 Å². The van der Waals surface area contributed by atoms with Crippen molar-refractivity contribution in [3.63, 3.8) is 0 Å². The Balaban J connectivity index is 2.01. The second-order valence-corrected chi connectivity index (χ2v) is 6.75. The van der Waals surface area contributed by atoms with E-state index in [4.69, 9.17) is 9.97 Å². The molecule has 3 rings (SSSR count). The predicted molar refractivity (Wildman–Crippen MR) is 87.7 cm³/mol. The minimum Gasteiger partial charge on any atom is -0.373 e. The molecule has 0 aliphatic heterocycles. The lowest BCUT2D eigenvalue weighted by molar-refractivity contribution is 0.590. The van der Waals surface area contributed by atoms with Crippen LogP contribution in [0, 0.1) is 0 Å². The summed E-state index contributed by atoms with van der Waals surface area (Å²) in [6.07, 6.45) is 3.35. The largest absolute Gasteiger partial charge is 0.373 e. The van der Waals surface area contributed by atoms with Gasteiger partial charge in [0, 0.05) is 23.9 Å². The predicted octanol–water partition coefficient (Wildman–Crippen LogP) is 3.97. The molecule has 1 aliphatic carbocycles. The molecular weight excluding hydrogens is 258 g/mol. The third-order valence-electron chi connectivity index (χ3n) is 4.18. The van der Waals surface area contributed by atoms with Gasteiger partial charge in [0.15, 0.2) is 5.82 Å². The third kappa shape index (κ3) is 2.65. The number of hydrogen-bond donors (Lipinski definition) is 1. The van der Waals surface area contributed by atoms with E-state index in [0.717, 1.165) is 30.0 Å². The fourth-order valence-corrected chi connectivity index (χ4v) is 2.89. The summed E-state index contributed by atoms with van der Waals surface area (Å²) in [6.45, 7) is 6.69. The lowest BCUT2D eigenvalue weighted by atomic mass is 9.86. The molecule has 2 aromatic rings. The summed E-state index contributed by atoms with van der Waals surface area (Å²) in [5, 5.41) is 3.22. The summed E-state index contributed by atoms with van der Waals surface area (Å²) < 4.78 is 0. The lowest BCUT2D eigenvalue weighted by Gasteiger charge is -2.19. The number of anilines is 1. The van der Waals surface area contributed by atoms with Gasteiger partial charge in [-0.3, -0.25) is 0 Å². The number of rotatable bonds is 2.